The van der Waals surface area contributed by atoms with Gasteiger partial charge in [-0.25, -0.2) is 9.59 Å². The molecule has 2 atom stereocenters. The maximum atomic E-state index is 12.3. The van der Waals surface area contributed by atoms with E-state index in [-0.39, 0.29) is 6.42 Å². The molecule has 0 fully saturated rings. The molecule has 2 amide bonds. The zero-order chi connectivity index (χ0) is 18.4. The molecule has 134 valence electrons. The van der Waals surface area contributed by atoms with Crippen LogP contribution < -0.4 is 10.6 Å². The molecule has 0 aromatic carbocycles. The Bertz CT molecular complexity index is 436. The molecule has 0 aromatic rings. The average Bonchev–Trinajstić information content (AvgIpc) is 2.32. The molecule has 0 aliphatic rings. The van der Waals surface area contributed by atoms with Gasteiger partial charge < -0.3 is 25.2 Å². The Morgan fingerprint density at radius 3 is 2.00 bits per heavy atom. The van der Waals surface area contributed by atoms with Crippen molar-refractivity contribution >= 4 is 18.0 Å². The Morgan fingerprint density at radius 1 is 1.09 bits per heavy atom. The summed E-state index contributed by atoms with van der Waals surface area (Å²) in [5, 5.41) is 14.7. The lowest BCUT2D eigenvalue weighted by Crippen LogP contribution is -2.53. The van der Waals surface area contributed by atoms with Gasteiger partial charge in [-0.2, -0.15) is 0 Å². The van der Waals surface area contributed by atoms with Gasteiger partial charge in [-0.15, -0.1) is 0 Å². The van der Waals surface area contributed by atoms with Crippen molar-refractivity contribution in [3.8, 4) is 0 Å². The summed E-state index contributed by atoms with van der Waals surface area (Å²) >= 11 is 0. The van der Waals surface area contributed by atoms with Crippen molar-refractivity contribution in [3.05, 3.63) is 0 Å². The first-order chi connectivity index (χ1) is 10.2. The van der Waals surface area contributed by atoms with Crippen LogP contribution in [0.4, 0.5) is 4.79 Å². The van der Waals surface area contributed by atoms with E-state index in [0.29, 0.717) is 0 Å². The van der Waals surface area contributed by atoms with E-state index < -0.39 is 41.3 Å². The quantitative estimate of drug-likeness (QED) is 0.618. The standard InChI is InChI=1S/C15H28N2O6/c1-9(12(19)22-7)16-11(18)10(8-15(5,6)21)17-13(20)23-14(2,3)4/h9-10,21H,8H2,1-7H3,(H,16,18)(H,17,20). The van der Waals surface area contributed by atoms with Crippen molar-refractivity contribution in [2.75, 3.05) is 7.11 Å². The molecule has 8 heteroatoms. The summed E-state index contributed by atoms with van der Waals surface area (Å²) in [5.41, 5.74) is -1.93. The zero-order valence-electron chi connectivity index (χ0n) is 14.9. The second-order valence-corrected chi connectivity index (χ2v) is 6.97. The molecule has 3 N–H and O–H groups in total. The Kier molecular flexibility index (Phi) is 7.50. The van der Waals surface area contributed by atoms with Crippen LogP contribution in [0, 0.1) is 0 Å². The second-order valence-electron chi connectivity index (χ2n) is 6.97. The number of hydrogen-bond acceptors (Lipinski definition) is 6. The van der Waals surface area contributed by atoms with Gasteiger partial charge in [0.05, 0.1) is 12.7 Å². The average molecular weight is 332 g/mol. The molecule has 2 unspecified atom stereocenters. The normalized spacial score (nSPS) is 14.4. The van der Waals surface area contributed by atoms with Gasteiger partial charge in [-0.1, -0.05) is 0 Å². The molecule has 0 aromatic heterocycles. The molecule has 0 saturated carbocycles. The Hall–Kier alpha value is -1.83. The smallest absolute Gasteiger partial charge is 0.408 e. The monoisotopic (exact) mass is 332 g/mol. The highest BCUT2D eigenvalue weighted by molar-refractivity contribution is 5.89. The van der Waals surface area contributed by atoms with Crippen LogP contribution in [0.5, 0.6) is 0 Å². The van der Waals surface area contributed by atoms with Gasteiger partial charge in [0.15, 0.2) is 0 Å². The van der Waals surface area contributed by atoms with Gasteiger partial charge in [0.25, 0.3) is 0 Å². The third kappa shape index (κ3) is 9.72. The highest BCUT2D eigenvalue weighted by Gasteiger charge is 2.31. The summed E-state index contributed by atoms with van der Waals surface area (Å²) in [6.07, 6.45) is -0.834. The van der Waals surface area contributed by atoms with Crippen LogP contribution in [-0.4, -0.2) is 53.5 Å². The van der Waals surface area contributed by atoms with Crippen molar-refractivity contribution in [3.63, 3.8) is 0 Å². The first kappa shape index (κ1) is 21.2. The number of esters is 1. The van der Waals surface area contributed by atoms with E-state index in [1.807, 2.05) is 0 Å². The van der Waals surface area contributed by atoms with Gasteiger partial charge >= 0.3 is 12.1 Å². The van der Waals surface area contributed by atoms with E-state index in [9.17, 15) is 19.5 Å². The molecule has 0 radical (unpaired) electrons. The van der Waals surface area contributed by atoms with E-state index >= 15 is 0 Å². The van der Waals surface area contributed by atoms with Crippen LogP contribution in [0.2, 0.25) is 0 Å². The van der Waals surface area contributed by atoms with Crippen LogP contribution in [0.1, 0.15) is 48.0 Å². The summed E-state index contributed by atoms with van der Waals surface area (Å²) in [6, 6.07) is -1.94. The lowest BCUT2D eigenvalue weighted by Gasteiger charge is -2.27. The molecular weight excluding hydrogens is 304 g/mol. The maximum Gasteiger partial charge on any atom is 0.408 e. The van der Waals surface area contributed by atoms with E-state index in [1.165, 1.54) is 27.9 Å². The van der Waals surface area contributed by atoms with E-state index in [4.69, 9.17) is 4.74 Å². The van der Waals surface area contributed by atoms with E-state index in [1.54, 1.807) is 20.8 Å². The predicted molar refractivity (Wildman–Crippen MR) is 83.7 cm³/mol. The van der Waals surface area contributed by atoms with E-state index in [0.717, 1.165) is 0 Å². The number of amides is 2. The number of alkyl carbamates (subject to hydrolysis) is 1. The number of carbonyl (C=O) groups is 3. The highest BCUT2D eigenvalue weighted by Crippen LogP contribution is 2.13. The van der Waals surface area contributed by atoms with Gasteiger partial charge in [-0.3, -0.25) is 4.79 Å². The van der Waals surface area contributed by atoms with Crippen LogP contribution >= 0.6 is 0 Å². The van der Waals surface area contributed by atoms with Gasteiger partial charge in [-0.05, 0) is 41.5 Å². The molecule has 0 saturated heterocycles. The molecule has 8 nitrogen and oxygen atoms in total. The summed E-state index contributed by atoms with van der Waals surface area (Å²) < 4.78 is 9.63. The van der Waals surface area contributed by atoms with Crippen molar-refractivity contribution < 1.29 is 29.0 Å². The lowest BCUT2D eigenvalue weighted by molar-refractivity contribution is -0.144. The SMILES string of the molecule is COC(=O)C(C)NC(=O)C(CC(C)(C)O)NC(=O)OC(C)(C)C. The summed E-state index contributed by atoms with van der Waals surface area (Å²) in [5.74, 6) is -1.23. The summed E-state index contributed by atoms with van der Waals surface area (Å²) in [4.78, 5) is 35.5. The first-order valence-electron chi connectivity index (χ1n) is 7.35. The first-order valence-corrected chi connectivity index (χ1v) is 7.35. The molecule has 0 aliphatic carbocycles. The molecule has 0 heterocycles. The number of ether oxygens (including phenoxy) is 2. The van der Waals surface area contributed by atoms with Crippen molar-refractivity contribution in [2.45, 2.75) is 71.2 Å². The third-order valence-electron chi connectivity index (χ3n) is 2.62. The molecule has 23 heavy (non-hydrogen) atoms. The Labute approximate surface area is 136 Å². The minimum atomic E-state index is -1.20. The fraction of sp³-hybridized carbons (Fsp3) is 0.800. The van der Waals surface area contributed by atoms with Crippen LogP contribution in [-0.2, 0) is 19.1 Å². The van der Waals surface area contributed by atoms with Gasteiger partial charge in [0.2, 0.25) is 5.91 Å². The number of rotatable bonds is 6. The predicted octanol–water partition coefficient (Wildman–Crippen LogP) is 0.718. The molecular formula is C15H28N2O6. The number of hydrogen-bond donors (Lipinski definition) is 3. The van der Waals surface area contributed by atoms with Crippen molar-refractivity contribution in [1.82, 2.24) is 10.6 Å². The Balaban J connectivity index is 4.97. The van der Waals surface area contributed by atoms with Crippen LogP contribution in [0.3, 0.4) is 0 Å². The maximum absolute atomic E-state index is 12.3. The number of carbonyl (C=O) groups excluding carboxylic acids is 3. The second kappa shape index (κ2) is 8.14. The minimum Gasteiger partial charge on any atom is -0.467 e. The third-order valence-corrected chi connectivity index (χ3v) is 2.62. The summed E-state index contributed by atoms with van der Waals surface area (Å²) in [6.45, 7) is 9.55. The number of nitrogens with one attached hydrogen (secondary N) is 2. The minimum absolute atomic E-state index is 0.0496. The topological polar surface area (TPSA) is 114 Å². The Morgan fingerprint density at radius 2 is 1.61 bits per heavy atom. The summed E-state index contributed by atoms with van der Waals surface area (Å²) in [7, 11) is 1.21. The fourth-order valence-electron chi connectivity index (χ4n) is 1.71. The molecule has 0 spiro atoms. The highest BCUT2D eigenvalue weighted by atomic mass is 16.6. The van der Waals surface area contributed by atoms with E-state index in [2.05, 4.69) is 15.4 Å². The number of aliphatic hydroxyl groups is 1. The zero-order valence-corrected chi connectivity index (χ0v) is 14.9. The van der Waals surface area contributed by atoms with Crippen molar-refractivity contribution in [1.29, 1.82) is 0 Å². The van der Waals surface area contributed by atoms with Gasteiger partial charge in [0.1, 0.15) is 17.7 Å². The fourth-order valence-corrected chi connectivity index (χ4v) is 1.71. The lowest BCUT2D eigenvalue weighted by atomic mass is 9.98. The molecule has 0 rings (SSSR count). The number of methoxy groups -OCH3 is 1. The van der Waals surface area contributed by atoms with Crippen molar-refractivity contribution in [2.24, 2.45) is 0 Å². The van der Waals surface area contributed by atoms with Crippen LogP contribution in [0.25, 0.3) is 0 Å². The van der Waals surface area contributed by atoms with Gasteiger partial charge in [0, 0.05) is 6.42 Å². The molecule has 0 bridgehead atoms. The largest absolute Gasteiger partial charge is 0.467 e. The van der Waals surface area contributed by atoms with Crippen LogP contribution in [0.15, 0.2) is 0 Å². The molecule has 0 aliphatic heterocycles.